The fourth-order valence-corrected chi connectivity index (χ4v) is 3.95. The van der Waals surface area contributed by atoms with Gasteiger partial charge in [-0.3, -0.25) is 0 Å². The average molecular weight is 470 g/mol. The molecule has 30 heavy (non-hydrogen) atoms. The molecule has 1 aliphatic heterocycles. The minimum Gasteiger partial charge on any atom is -0.383 e. The zero-order valence-corrected chi connectivity index (χ0v) is 20.3. The van der Waals surface area contributed by atoms with Gasteiger partial charge in [0.05, 0.1) is 5.70 Å². The summed E-state index contributed by atoms with van der Waals surface area (Å²) in [4.78, 5) is 7.33. The summed E-state index contributed by atoms with van der Waals surface area (Å²) in [6.07, 6.45) is 12.5. The fourth-order valence-electron chi connectivity index (χ4n) is 3.69. The summed E-state index contributed by atoms with van der Waals surface area (Å²) in [6.45, 7) is 13.3. The van der Waals surface area contributed by atoms with Crippen LogP contribution in [0.5, 0.6) is 0 Å². The Morgan fingerprint density at radius 2 is 1.83 bits per heavy atom. The van der Waals surface area contributed by atoms with Crippen molar-refractivity contribution in [1.82, 2.24) is 4.90 Å². The summed E-state index contributed by atoms with van der Waals surface area (Å²) < 4.78 is 1.07. The van der Waals surface area contributed by atoms with Gasteiger partial charge in [0.2, 0.25) is 0 Å². The van der Waals surface area contributed by atoms with Crippen molar-refractivity contribution in [2.45, 2.75) is 46.5 Å². The molecule has 0 radical (unpaired) electrons. The summed E-state index contributed by atoms with van der Waals surface area (Å²) in [7, 11) is 0. The van der Waals surface area contributed by atoms with Crippen LogP contribution in [0.1, 0.15) is 52.0 Å². The molecule has 0 spiro atoms. The molecule has 3 nitrogen and oxygen atoms in total. The number of amidine groups is 1. The lowest BCUT2D eigenvalue weighted by atomic mass is 9.92. The first-order chi connectivity index (χ1) is 14.6. The highest BCUT2D eigenvalue weighted by atomic mass is 79.9. The van der Waals surface area contributed by atoms with Crippen LogP contribution in [0, 0.1) is 5.92 Å². The minimum absolute atomic E-state index is 0.583. The van der Waals surface area contributed by atoms with Crippen LogP contribution in [-0.2, 0) is 0 Å². The van der Waals surface area contributed by atoms with Gasteiger partial charge in [-0.15, -0.1) is 0 Å². The Morgan fingerprint density at radius 3 is 2.37 bits per heavy atom. The second-order valence-corrected chi connectivity index (χ2v) is 8.47. The standard InChI is InChI=1S/C24H30BrN3.C2H6/c1-3-5-22(6-4-2)27-24(26)23(19-9-11-21(25)12-10-19)20-13-15-28(16-14-20)17-18-7-8-18;1-2/h3-6,9-12,18H,1,7-8,13-17H2,2H3,(H2,26,27);1-2H3/b6-4-,22-5+;. The maximum Gasteiger partial charge on any atom is 0.131 e. The Morgan fingerprint density at radius 1 is 1.20 bits per heavy atom. The van der Waals surface area contributed by atoms with E-state index in [4.69, 9.17) is 10.7 Å². The number of aliphatic imine (C=N–C) groups is 1. The zero-order chi connectivity index (χ0) is 21.9. The van der Waals surface area contributed by atoms with Gasteiger partial charge < -0.3 is 10.6 Å². The lowest BCUT2D eigenvalue weighted by molar-refractivity contribution is 0.247. The van der Waals surface area contributed by atoms with Crippen molar-refractivity contribution in [2.24, 2.45) is 16.6 Å². The van der Waals surface area contributed by atoms with E-state index < -0.39 is 0 Å². The van der Waals surface area contributed by atoms with E-state index in [2.05, 4.69) is 51.7 Å². The quantitative estimate of drug-likeness (QED) is 0.272. The first-order valence-corrected chi connectivity index (χ1v) is 11.9. The molecule has 1 saturated carbocycles. The Kier molecular flexibility index (Phi) is 10.3. The van der Waals surface area contributed by atoms with Gasteiger partial charge in [-0.25, -0.2) is 4.99 Å². The molecule has 2 aliphatic rings. The fraction of sp³-hybridized carbons (Fsp3) is 0.423. The molecule has 0 amide bonds. The molecular formula is C26H36BrN3. The molecule has 2 N–H and O–H groups in total. The SMILES string of the molecule is C=C/C=C(\C=C/C)N=C(N)C(=C1CCN(CC2CC2)CC1)c1ccc(Br)cc1.CC. The van der Waals surface area contributed by atoms with E-state index in [9.17, 15) is 0 Å². The number of nitrogens with two attached hydrogens (primary N) is 1. The molecule has 2 fully saturated rings. The summed E-state index contributed by atoms with van der Waals surface area (Å²) in [5, 5.41) is 0. The number of piperidine rings is 1. The van der Waals surface area contributed by atoms with Gasteiger partial charge in [-0.05, 0) is 68.4 Å². The molecule has 162 valence electrons. The maximum absolute atomic E-state index is 6.56. The summed E-state index contributed by atoms with van der Waals surface area (Å²) in [6, 6.07) is 8.38. The van der Waals surface area contributed by atoms with Gasteiger partial charge in [-0.1, -0.05) is 66.2 Å². The first-order valence-electron chi connectivity index (χ1n) is 11.1. The van der Waals surface area contributed by atoms with Crippen LogP contribution in [0.3, 0.4) is 0 Å². The van der Waals surface area contributed by atoms with Crippen LogP contribution < -0.4 is 5.73 Å². The van der Waals surface area contributed by atoms with Crippen molar-refractivity contribution >= 4 is 27.3 Å². The molecule has 0 aromatic heterocycles. The molecule has 1 saturated heterocycles. The van der Waals surface area contributed by atoms with Crippen molar-refractivity contribution in [3.8, 4) is 0 Å². The summed E-state index contributed by atoms with van der Waals surface area (Å²) in [5.41, 5.74) is 11.0. The van der Waals surface area contributed by atoms with Gasteiger partial charge in [0.1, 0.15) is 5.84 Å². The number of halogens is 1. The maximum atomic E-state index is 6.56. The van der Waals surface area contributed by atoms with E-state index in [1.165, 1.54) is 25.0 Å². The number of likely N-dealkylation sites (tertiary alicyclic amines) is 1. The van der Waals surface area contributed by atoms with E-state index in [0.29, 0.717) is 5.84 Å². The molecule has 4 heteroatoms. The molecule has 1 aromatic carbocycles. The topological polar surface area (TPSA) is 41.6 Å². The Bertz CT molecular complexity index is 801. The minimum atomic E-state index is 0.583. The van der Waals surface area contributed by atoms with Gasteiger partial charge in [0.25, 0.3) is 0 Å². The monoisotopic (exact) mass is 469 g/mol. The van der Waals surface area contributed by atoms with Crippen LogP contribution in [0.25, 0.3) is 5.57 Å². The van der Waals surface area contributed by atoms with Gasteiger partial charge in [0.15, 0.2) is 0 Å². The summed E-state index contributed by atoms with van der Waals surface area (Å²) >= 11 is 3.53. The second-order valence-electron chi connectivity index (χ2n) is 7.55. The number of hydrogen-bond donors (Lipinski definition) is 1. The predicted molar refractivity (Wildman–Crippen MR) is 136 cm³/mol. The van der Waals surface area contributed by atoms with Crippen LogP contribution in [0.15, 0.2) is 75.9 Å². The van der Waals surface area contributed by atoms with E-state index in [-0.39, 0.29) is 0 Å². The van der Waals surface area contributed by atoms with Crippen LogP contribution in [0.2, 0.25) is 0 Å². The van der Waals surface area contributed by atoms with Gasteiger partial charge in [-0.2, -0.15) is 0 Å². The van der Waals surface area contributed by atoms with E-state index in [1.807, 2.05) is 39.0 Å². The second kappa shape index (κ2) is 12.7. The molecule has 0 bridgehead atoms. The Balaban J connectivity index is 0.00000155. The van der Waals surface area contributed by atoms with Crippen LogP contribution >= 0.6 is 15.9 Å². The largest absolute Gasteiger partial charge is 0.383 e. The zero-order valence-electron chi connectivity index (χ0n) is 18.7. The number of hydrogen-bond acceptors (Lipinski definition) is 2. The third-order valence-corrected chi connectivity index (χ3v) is 5.82. The number of nitrogens with zero attached hydrogens (tertiary/aromatic N) is 2. The van der Waals surface area contributed by atoms with Gasteiger partial charge >= 0.3 is 0 Å². The smallest absolute Gasteiger partial charge is 0.131 e. The van der Waals surface area contributed by atoms with Crippen molar-refractivity contribution in [1.29, 1.82) is 0 Å². The third kappa shape index (κ3) is 7.41. The average Bonchev–Trinajstić information content (AvgIpc) is 3.57. The van der Waals surface area contributed by atoms with Crippen molar-refractivity contribution in [3.05, 3.63) is 76.5 Å². The highest BCUT2D eigenvalue weighted by Crippen LogP contribution is 2.33. The van der Waals surface area contributed by atoms with Crippen LogP contribution in [0.4, 0.5) is 0 Å². The predicted octanol–water partition coefficient (Wildman–Crippen LogP) is 6.74. The number of benzene rings is 1. The number of allylic oxidation sites excluding steroid dienone is 4. The molecular weight excluding hydrogens is 434 g/mol. The normalized spacial score (nSPS) is 18.2. The highest BCUT2D eigenvalue weighted by molar-refractivity contribution is 9.10. The van der Waals surface area contributed by atoms with Crippen molar-refractivity contribution < 1.29 is 0 Å². The molecule has 1 heterocycles. The van der Waals surface area contributed by atoms with E-state index in [1.54, 1.807) is 6.08 Å². The summed E-state index contributed by atoms with van der Waals surface area (Å²) in [5.74, 6) is 1.52. The van der Waals surface area contributed by atoms with Crippen LogP contribution in [-0.4, -0.2) is 30.4 Å². The molecule has 3 rings (SSSR count). The molecule has 0 atom stereocenters. The van der Waals surface area contributed by atoms with Crippen molar-refractivity contribution in [3.63, 3.8) is 0 Å². The van der Waals surface area contributed by atoms with E-state index in [0.717, 1.165) is 53.2 Å². The number of rotatable bonds is 7. The first kappa shape index (κ1) is 24.4. The molecule has 1 aliphatic carbocycles. The Labute approximate surface area is 191 Å². The molecule has 1 aromatic rings. The Hall–Kier alpha value is -1.91. The van der Waals surface area contributed by atoms with E-state index >= 15 is 0 Å². The third-order valence-electron chi connectivity index (χ3n) is 5.29. The highest BCUT2D eigenvalue weighted by Gasteiger charge is 2.26. The lowest BCUT2D eigenvalue weighted by Gasteiger charge is -2.30. The molecule has 0 unspecified atom stereocenters. The van der Waals surface area contributed by atoms with Crippen molar-refractivity contribution in [2.75, 3.05) is 19.6 Å². The lowest BCUT2D eigenvalue weighted by Crippen LogP contribution is -2.33. The van der Waals surface area contributed by atoms with Gasteiger partial charge in [0, 0.05) is 29.7 Å².